The van der Waals surface area contributed by atoms with Crippen molar-refractivity contribution in [3.05, 3.63) is 28.3 Å². The summed E-state index contributed by atoms with van der Waals surface area (Å²) in [7, 11) is 2.01. The molecule has 0 aliphatic carbocycles. The van der Waals surface area contributed by atoms with E-state index in [-0.39, 0.29) is 11.4 Å². The van der Waals surface area contributed by atoms with E-state index in [4.69, 9.17) is 10.5 Å². The molecular formula is C13H21N3O3. The summed E-state index contributed by atoms with van der Waals surface area (Å²) in [6.45, 7) is 4.27. The Hall–Kier alpha value is -1.82. The Balaban J connectivity index is 2.52. The lowest BCUT2D eigenvalue weighted by atomic mass is 10.2. The number of ether oxygens (including phenoxy) is 1. The lowest BCUT2D eigenvalue weighted by Gasteiger charge is -2.16. The number of anilines is 1. The third-order valence-corrected chi connectivity index (χ3v) is 2.80. The lowest BCUT2D eigenvalue weighted by Crippen LogP contribution is -2.25. The zero-order valence-corrected chi connectivity index (χ0v) is 11.5. The molecule has 6 nitrogen and oxygen atoms in total. The molecule has 0 spiro atoms. The molecule has 0 atom stereocenters. The molecular weight excluding hydrogens is 246 g/mol. The Morgan fingerprint density at radius 2 is 2.16 bits per heavy atom. The van der Waals surface area contributed by atoms with Gasteiger partial charge in [-0.25, -0.2) is 0 Å². The Labute approximate surface area is 113 Å². The number of hydrogen-bond donors (Lipinski definition) is 1. The topological polar surface area (TPSA) is 81.6 Å². The van der Waals surface area contributed by atoms with Gasteiger partial charge in [0, 0.05) is 24.4 Å². The van der Waals surface area contributed by atoms with E-state index in [1.165, 1.54) is 18.2 Å². The molecule has 0 fully saturated rings. The molecule has 0 unspecified atom stereocenters. The van der Waals surface area contributed by atoms with Gasteiger partial charge in [-0.1, -0.05) is 13.3 Å². The SMILES string of the molecule is CCCCN(C)CCOc1cc(N)ccc1[N+](=O)[O-]. The van der Waals surface area contributed by atoms with Crippen LogP contribution in [0.3, 0.4) is 0 Å². The van der Waals surface area contributed by atoms with E-state index in [1.807, 2.05) is 7.05 Å². The average molecular weight is 267 g/mol. The van der Waals surface area contributed by atoms with Crippen LogP contribution >= 0.6 is 0 Å². The fourth-order valence-electron chi connectivity index (χ4n) is 1.65. The predicted molar refractivity (Wildman–Crippen MR) is 75.4 cm³/mol. The number of nitro groups is 1. The van der Waals surface area contributed by atoms with E-state index in [0.717, 1.165) is 25.9 Å². The van der Waals surface area contributed by atoms with Gasteiger partial charge in [0.1, 0.15) is 6.61 Å². The Morgan fingerprint density at radius 1 is 1.42 bits per heavy atom. The van der Waals surface area contributed by atoms with Crippen molar-refractivity contribution in [3.63, 3.8) is 0 Å². The van der Waals surface area contributed by atoms with E-state index in [2.05, 4.69) is 11.8 Å². The molecule has 0 aromatic heterocycles. The van der Waals surface area contributed by atoms with Gasteiger partial charge in [-0.3, -0.25) is 10.1 Å². The minimum Gasteiger partial charge on any atom is -0.485 e. The lowest BCUT2D eigenvalue weighted by molar-refractivity contribution is -0.385. The molecule has 0 bridgehead atoms. The number of likely N-dealkylation sites (N-methyl/N-ethyl adjacent to an activating group) is 1. The van der Waals surface area contributed by atoms with Gasteiger partial charge in [-0.15, -0.1) is 0 Å². The summed E-state index contributed by atoms with van der Waals surface area (Å²) < 4.78 is 5.47. The average Bonchev–Trinajstić information content (AvgIpc) is 2.36. The molecule has 0 heterocycles. The van der Waals surface area contributed by atoms with Gasteiger partial charge in [-0.05, 0) is 26.1 Å². The highest BCUT2D eigenvalue weighted by molar-refractivity contribution is 5.55. The zero-order valence-electron chi connectivity index (χ0n) is 11.5. The first-order chi connectivity index (χ1) is 9.04. The summed E-state index contributed by atoms with van der Waals surface area (Å²) in [6.07, 6.45) is 2.28. The minimum atomic E-state index is -0.463. The number of rotatable bonds is 8. The number of benzene rings is 1. The van der Waals surface area contributed by atoms with Crippen molar-refractivity contribution < 1.29 is 9.66 Å². The molecule has 0 aliphatic rings. The summed E-state index contributed by atoms with van der Waals surface area (Å²) in [5.74, 6) is 0.230. The van der Waals surface area contributed by atoms with Crippen LogP contribution < -0.4 is 10.5 Å². The van der Waals surface area contributed by atoms with Gasteiger partial charge in [-0.2, -0.15) is 0 Å². The highest BCUT2D eigenvalue weighted by atomic mass is 16.6. The second kappa shape index (κ2) is 7.58. The van der Waals surface area contributed by atoms with Gasteiger partial charge < -0.3 is 15.4 Å². The van der Waals surface area contributed by atoms with Crippen molar-refractivity contribution in [2.45, 2.75) is 19.8 Å². The third kappa shape index (κ3) is 5.13. The highest BCUT2D eigenvalue weighted by Crippen LogP contribution is 2.28. The van der Waals surface area contributed by atoms with Crippen molar-refractivity contribution >= 4 is 11.4 Å². The third-order valence-electron chi connectivity index (χ3n) is 2.80. The van der Waals surface area contributed by atoms with Crippen LogP contribution in [0.1, 0.15) is 19.8 Å². The standard InChI is InChI=1S/C13H21N3O3/c1-3-4-7-15(2)8-9-19-13-10-11(14)5-6-12(13)16(17)18/h5-6,10H,3-4,7-9,14H2,1-2H3. The summed E-state index contributed by atoms with van der Waals surface area (Å²) in [5, 5.41) is 10.8. The van der Waals surface area contributed by atoms with Crippen molar-refractivity contribution in [3.8, 4) is 5.75 Å². The largest absolute Gasteiger partial charge is 0.485 e. The predicted octanol–water partition coefficient (Wildman–Crippen LogP) is 2.29. The van der Waals surface area contributed by atoms with Crippen molar-refractivity contribution in [1.29, 1.82) is 0 Å². The van der Waals surface area contributed by atoms with E-state index in [0.29, 0.717) is 12.3 Å². The Morgan fingerprint density at radius 3 is 2.79 bits per heavy atom. The number of nitrogen functional groups attached to an aromatic ring is 1. The van der Waals surface area contributed by atoms with Crippen LogP contribution in [0.5, 0.6) is 5.75 Å². The molecule has 0 amide bonds. The maximum atomic E-state index is 10.8. The monoisotopic (exact) mass is 267 g/mol. The van der Waals surface area contributed by atoms with Gasteiger partial charge in [0.15, 0.2) is 5.75 Å². The first kappa shape index (κ1) is 15.2. The molecule has 19 heavy (non-hydrogen) atoms. The fraction of sp³-hybridized carbons (Fsp3) is 0.538. The number of nitro benzene ring substituents is 1. The van der Waals surface area contributed by atoms with Crippen LogP contribution in [-0.2, 0) is 0 Å². The van der Waals surface area contributed by atoms with E-state index in [1.54, 1.807) is 0 Å². The van der Waals surface area contributed by atoms with Crippen LogP contribution in [0.2, 0.25) is 0 Å². The molecule has 0 saturated carbocycles. The Bertz CT molecular complexity index is 424. The van der Waals surface area contributed by atoms with Crippen LogP contribution in [0.25, 0.3) is 0 Å². The molecule has 1 rings (SSSR count). The summed E-state index contributed by atoms with van der Waals surface area (Å²) in [4.78, 5) is 12.5. The molecule has 2 N–H and O–H groups in total. The fourth-order valence-corrected chi connectivity index (χ4v) is 1.65. The maximum Gasteiger partial charge on any atom is 0.311 e. The second-order valence-electron chi connectivity index (χ2n) is 4.49. The Kier molecular flexibility index (Phi) is 6.08. The quantitative estimate of drug-likeness (QED) is 0.444. The summed E-state index contributed by atoms with van der Waals surface area (Å²) in [5.41, 5.74) is 6.02. The zero-order chi connectivity index (χ0) is 14.3. The maximum absolute atomic E-state index is 10.8. The van der Waals surface area contributed by atoms with E-state index in [9.17, 15) is 10.1 Å². The van der Waals surface area contributed by atoms with Gasteiger partial charge >= 0.3 is 5.69 Å². The van der Waals surface area contributed by atoms with Crippen LogP contribution in [0.4, 0.5) is 11.4 Å². The second-order valence-corrected chi connectivity index (χ2v) is 4.49. The molecule has 0 aliphatic heterocycles. The minimum absolute atomic E-state index is 0.0505. The van der Waals surface area contributed by atoms with E-state index < -0.39 is 4.92 Å². The number of unbranched alkanes of at least 4 members (excludes halogenated alkanes) is 1. The highest BCUT2D eigenvalue weighted by Gasteiger charge is 2.15. The van der Waals surface area contributed by atoms with Gasteiger partial charge in [0.25, 0.3) is 0 Å². The molecule has 1 aromatic carbocycles. The molecule has 0 saturated heterocycles. The van der Waals surface area contributed by atoms with Crippen molar-refractivity contribution in [2.24, 2.45) is 0 Å². The number of nitrogens with zero attached hydrogens (tertiary/aromatic N) is 2. The summed E-state index contributed by atoms with van der Waals surface area (Å²) in [6, 6.07) is 4.36. The number of hydrogen-bond acceptors (Lipinski definition) is 5. The first-order valence-corrected chi connectivity index (χ1v) is 6.40. The van der Waals surface area contributed by atoms with Crippen molar-refractivity contribution in [2.75, 3.05) is 32.5 Å². The van der Waals surface area contributed by atoms with Gasteiger partial charge in [0.05, 0.1) is 4.92 Å². The molecule has 6 heteroatoms. The van der Waals surface area contributed by atoms with Crippen LogP contribution in [0, 0.1) is 10.1 Å². The normalized spacial score (nSPS) is 10.7. The van der Waals surface area contributed by atoms with Gasteiger partial charge in [0.2, 0.25) is 0 Å². The van der Waals surface area contributed by atoms with Crippen LogP contribution in [0.15, 0.2) is 18.2 Å². The number of nitrogens with two attached hydrogens (primary N) is 1. The molecule has 106 valence electrons. The molecule has 1 aromatic rings. The first-order valence-electron chi connectivity index (χ1n) is 6.40. The van der Waals surface area contributed by atoms with Crippen LogP contribution in [-0.4, -0.2) is 36.6 Å². The smallest absolute Gasteiger partial charge is 0.311 e. The molecule has 0 radical (unpaired) electrons. The van der Waals surface area contributed by atoms with Crippen molar-refractivity contribution in [1.82, 2.24) is 4.90 Å². The van der Waals surface area contributed by atoms with E-state index >= 15 is 0 Å². The summed E-state index contributed by atoms with van der Waals surface area (Å²) >= 11 is 0.